The molecule has 0 N–H and O–H groups in total. The fraction of sp³-hybridized carbons (Fsp3) is 0.818. The zero-order valence-electron chi connectivity index (χ0n) is 25.1. The number of allylic oxidation sites excluding steroid dienone is 4. The summed E-state index contributed by atoms with van der Waals surface area (Å²) in [6, 6.07) is 0. The molecule has 0 aliphatic carbocycles. The van der Waals surface area contributed by atoms with Crippen molar-refractivity contribution in [2.24, 2.45) is 0 Å². The van der Waals surface area contributed by atoms with Gasteiger partial charge >= 0.3 is 61.3 Å². The number of halogens is 30. The maximum Gasteiger partial charge on any atom is 0.559 e. The van der Waals surface area contributed by atoms with Gasteiger partial charge in [0.1, 0.15) is 18.9 Å². The molecule has 0 heterocycles. The molecule has 0 spiro atoms. The van der Waals surface area contributed by atoms with Gasteiger partial charge in [-0.05, 0) is 25.0 Å². The van der Waals surface area contributed by atoms with E-state index in [1.807, 2.05) is 0 Å². The van der Waals surface area contributed by atoms with E-state index in [4.69, 9.17) is 0 Å². The Morgan fingerprint density at radius 3 is 0.618 bits per heavy atom. The molecular weight excluding hydrogens is 897 g/mol. The minimum atomic E-state index is -7.52. The second-order valence-electron chi connectivity index (χ2n) is 8.23. The van der Waals surface area contributed by atoms with Crippen LogP contribution in [0.4, 0.5) is 132 Å². The standard InChI is InChI=1S/C10H5F15.C6H5F7.C2H7O2P.2CF4.2CH4/c1-3(2-11)4(5(12,7(14,15)16)8(17,18)19)6(13,9(20,21)22)10(23,24)25;1-3(2-7)4(5(8,9)10)6(11,12)13;1-3-5-4-2;2*2-1(3,4)5;;/h2H2,1H3;2H2,1H3;5H,1-2H3;;;2*1H4. The predicted octanol–water partition coefficient (Wildman–Crippen LogP) is 14.3. The zero-order chi connectivity index (χ0) is 44.8. The molecule has 33 heteroatoms. The molecule has 0 aromatic rings. The first kappa shape index (κ1) is 67.5. The van der Waals surface area contributed by atoms with Gasteiger partial charge in [-0.1, -0.05) is 14.9 Å². The van der Waals surface area contributed by atoms with Crippen LogP contribution in [0.1, 0.15) is 28.7 Å². The third-order valence-corrected chi connectivity index (χ3v) is 4.57. The van der Waals surface area contributed by atoms with Crippen molar-refractivity contribution in [2.45, 2.75) is 90.0 Å². The Labute approximate surface area is 290 Å². The van der Waals surface area contributed by atoms with Crippen LogP contribution in [0.15, 0.2) is 22.3 Å². The van der Waals surface area contributed by atoms with Crippen LogP contribution in [0.5, 0.6) is 0 Å². The molecule has 0 aliphatic heterocycles. The highest BCUT2D eigenvalue weighted by Gasteiger charge is 2.86. The Morgan fingerprint density at radius 2 is 0.545 bits per heavy atom. The zero-order valence-corrected chi connectivity index (χ0v) is 26.1. The molecule has 0 fully saturated rings. The molecule has 0 unspecified atom stereocenters. The van der Waals surface area contributed by atoms with Crippen LogP contribution in [0.25, 0.3) is 0 Å². The predicted molar refractivity (Wildman–Crippen MR) is 131 cm³/mol. The van der Waals surface area contributed by atoms with Crippen LogP contribution >= 0.6 is 9.03 Å². The SMILES string of the molecule is C.C.CC(CF)=C(C(F)(C(F)(F)F)C(F)(F)F)C(F)(C(F)(F)F)C(F)(F)F.CC(CF)=C(C(F)(F)F)C(F)(F)F.COPOC.FC(F)(F)F.FC(F)(F)F. The third kappa shape index (κ3) is 24.9. The van der Waals surface area contributed by atoms with Crippen LogP contribution in [0.3, 0.4) is 0 Å². The van der Waals surface area contributed by atoms with E-state index in [1.165, 1.54) is 0 Å². The molecule has 55 heavy (non-hydrogen) atoms. The Bertz CT molecular complexity index is 986. The lowest BCUT2D eigenvalue weighted by Gasteiger charge is -2.41. The van der Waals surface area contributed by atoms with E-state index in [2.05, 4.69) is 9.05 Å². The quantitative estimate of drug-likeness (QED) is 0.150. The number of hydrogen-bond donors (Lipinski definition) is 0. The van der Waals surface area contributed by atoms with E-state index in [0.717, 1.165) is 0 Å². The first-order valence-corrected chi connectivity index (χ1v) is 12.1. The van der Waals surface area contributed by atoms with E-state index >= 15 is 0 Å². The molecule has 340 valence electrons. The van der Waals surface area contributed by atoms with Gasteiger partial charge in [0, 0.05) is 19.8 Å². The molecule has 0 aromatic heterocycles. The molecule has 0 rings (SSSR count). The highest BCUT2D eigenvalue weighted by molar-refractivity contribution is 7.26. The van der Waals surface area contributed by atoms with Crippen molar-refractivity contribution in [1.82, 2.24) is 0 Å². The van der Waals surface area contributed by atoms with Crippen molar-refractivity contribution in [1.29, 1.82) is 0 Å². The first-order valence-electron chi connectivity index (χ1n) is 11.3. The minimum Gasteiger partial charge on any atom is -0.340 e. The van der Waals surface area contributed by atoms with E-state index in [9.17, 15) is 132 Å². The average Bonchev–Trinajstić information content (AvgIpc) is 2.83. The van der Waals surface area contributed by atoms with Crippen molar-refractivity contribution in [2.75, 3.05) is 27.6 Å². The molecule has 0 saturated heterocycles. The van der Waals surface area contributed by atoms with Gasteiger partial charge < -0.3 is 9.05 Å². The molecular formula is C22H25F30O2P. The van der Waals surface area contributed by atoms with E-state index in [-0.39, 0.29) is 23.9 Å². The second kappa shape index (κ2) is 23.8. The Balaban J connectivity index is -0.000000127. The van der Waals surface area contributed by atoms with E-state index < -0.39 is 104 Å². The van der Waals surface area contributed by atoms with Crippen LogP contribution in [0, 0.1) is 0 Å². The summed E-state index contributed by atoms with van der Waals surface area (Å²) in [6.45, 7) is -4.64. The van der Waals surface area contributed by atoms with Gasteiger partial charge in [0.2, 0.25) is 0 Å². The summed E-state index contributed by atoms with van der Waals surface area (Å²) in [5.41, 5.74) is -26.3. The fourth-order valence-electron chi connectivity index (χ4n) is 2.58. The van der Waals surface area contributed by atoms with E-state index in [1.54, 1.807) is 14.2 Å². The van der Waals surface area contributed by atoms with Gasteiger partial charge in [-0.15, -0.1) is 35.1 Å². The highest BCUT2D eigenvalue weighted by Crippen LogP contribution is 2.61. The van der Waals surface area contributed by atoms with Gasteiger partial charge in [0.25, 0.3) is 0 Å². The summed E-state index contributed by atoms with van der Waals surface area (Å²) < 4.78 is 358. The van der Waals surface area contributed by atoms with Crippen molar-refractivity contribution in [3.63, 3.8) is 0 Å². The molecule has 0 amide bonds. The summed E-state index contributed by atoms with van der Waals surface area (Å²) >= 11 is 0. The normalized spacial score (nSPS) is 13.0. The van der Waals surface area contributed by atoms with Gasteiger partial charge in [0.15, 0.2) is 9.03 Å². The summed E-state index contributed by atoms with van der Waals surface area (Å²) in [6.07, 6.45) is -52.2. The van der Waals surface area contributed by atoms with Crippen molar-refractivity contribution < 1.29 is 141 Å². The van der Waals surface area contributed by atoms with Gasteiger partial charge in [-0.3, -0.25) is 0 Å². The van der Waals surface area contributed by atoms with Gasteiger partial charge in [0.05, 0.1) is 0 Å². The molecule has 2 nitrogen and oxygen atoms in total. The molecule has 0 bridgehead atoms. The van der Waals surface area contributed by atoms with Crippen molar-refractivity contribution in [3.8, 4) is 0 Å². The van der Waals surface area contributed by atoms with E-state index in [0.29, 0.717) is 6.92 Å². The maximum atomic E-state index is 13.7. The highest BCUT2D eigenvalue weighted by atomic mass is 31.1. The molecule has 0 atom stereocenters. The number of alkyl halides is 30. The Morgan fingerprint density at radius 1 is 0.382 bits per heavy atom. The minimum absolute atomic E-state index is 0. The second-order valence-corrected chi connectivity index (χ2v) is 9.21. The maximum absolute atomic E-state index is 13.7. The van der Waals surface area contributed by atoms with Gasteiger partial charge in [-0.25, -0.2) is 17.6 Å². The molecule has 0 aliphatic rings. The van der Waals surface area contributed by atoms with Gasteiger partial charge in [-0.2, -0.15) is 79.0 Å². The van der Waals surface area contributed by atoms with Crippen LogP contribution in [0.2, 0.25) is 0 Å². The monoisotopic (exact) mass is 922 g/mol. The molecule has 0 saturated carbocycles. The first-order chi connectivity index (χ1) is 22.6. The third-order valence-electron chi connectivity index (χ3n) is 4.24. The molecule has 0 radical (unpaired) electrons. The lowest BCUT2D eigenvalue weighted by Crippen LogP contribution is -2.66. The summed E-state index contributed by atoms with van der Waals surface area (Å²) in [5, 5.41) is 0. The van der Waals surface area contributed by atoms with Crippen molar-refractivity contribution in [3.05, 3.63) is 22.3 Å². The molecule has 0 aromatic carbocycles. The van der Waals surface area contributed by atoms with Crippen LogP contribution in [-0.4, -0.2) is 88.8 Å². The van der Waals surface area contributed by atoms with Crippen LogP contribution in [-0.2, 0) is 9.05 Å². The van der Waals surface area contributed by atoms with Crippen molar-refractivity contribution >= 4 is 9.03 Å². The van der Waals surface area contributed by atoms with Crippen LogP contribution < -0.4 is 0 Å². The Hall–Kier alpha value is -2.27. The summed E-state index contributed by atoms with van der Waals surface area (Å²) in [7, 11) is 3.40. The topological polar surface area (TPSA) is 18.5 Å². The summed E-state index contributed by atoms with van der Waals surface area (Å²) in [4.78, 5) is 0. The fourth-order valence-corrected chi connectivity index (χ4v) is 2.74. The Kier molecular flexibility index (Phi) is 29.2. The number of rotatable bonds is 6. The summed E-state index contributed by atoms with van der Waals surface area (Å²) in [5.74, 6) is 0. The average molecular weight is 922 g/mol. The lowest BCUT2D eigenvalue weighted by atomic mass is 9.78. The number of hydrogen-bond acceptors (Lipinski definition) is 2. The largest absolute Gasteiger partial charge is 0.559 e. The smallest absolute Gasteiger partial charge is 0.340 e. The lowest BCUT2D eigenvalue weighted by molar-refractivity contribution is -0.364.